The second-order valence-electron chi connectivity index (χ2n) is 11.7. The molecule has 2 aliphatic rings. The molecule has 1 heterocycles. The van der Waals surface area contributed by atoms with E-state index in [2.05, 4.69) is 23.8 Å². The average Bonchev–Trinajstić information content (AvgIpc) is 2.94. The highest BCUT2D eigenvalue weighted by Crippen LogP contribution is 2.37. The van der Waals surface area contributed by atoms with Crippen LogP contribution in [0.25, 0.3) is 11.4 Å². The summed E-state index contributed by atoms with van der Waals surface area (Å²) in [7, 11) is 0. The number of unbranched alkanes of at least 4 members (excludes halogenated alkanes) is 4. The Morgan fingerprint density at radius 3 is 2.03 bits per heavy atom. The van der Waals surface area contributed by atoms with Crippen molar-refractivity contribution in [2.45, 2.75) is 122 Å². The smallest absolute Gasteiger partial charge is 0.314 e. The van der Waals surface area contributed by atoms with Crippen molar-refractivity contribution in [3.8, 4) is 17.1 Å². The quantitative estimate of drug-likeness (QED) is 0.164. The van der Waals surface area contributed by atoms with Crippen LogP contribution >= 0.6 is 0 Å². The van der Waals surface area contributed by atoms with Crippen LogP contribution in [0.5, 0.6) is 5.75 Å². The third kappa shape index (κ3) is 8.38. The predicted molar refractivity (Wildman–Crippen MR) is 152 cm³/mol. The molecular formula is C33H48N2O2. The SMILES string of the molecule is CCCCCCC[C@H]1CC[C@H](C(=O)Oc2ccc(-c3ncc([C@H]4CC[C@H](CCC)CC4)cn3)cc2)CC1. The van der Waals surface area contributed by atoms with Crippen LogP contribution in [0.3, 0.4) is 0 Å². The molecule has 0 unspecified atom stereocenters. The molecule has 2 saturated carbocycles. The van der Waals surface area contributed by atoms with Gasteiger partial charge in [-0.15, -0.1) is 0 Å². The van der Waals surface area contributed by atoms with Crippen molar-refractivity contribution in [3.63, 3.8) is 0 Å². The molecule has 37 heavy (non-hydrogen) atoms. The summed E-state index contributed by atoms with van der Waals surface area (Å²) in [5.74, 6) is 3.64. The summed E-state index contributed by atoms with van der Waals surface area (Å²) in [6.45, 7) is 4.55. The van der Waals surface area contributed by atoms with Gasteiger partial charge in [0, 0.05) is 18.0 Å². The van der Waals surface area contributed by atoms with E-state index in [-0.39, 0.29) is 11.9 Å². The Bertz CT molecular complexity index is 924. The van der Waals surface area contributed by atoms with Crippen LogP contribution in [0, 0.1) is 17.8 Å². The first kappa shape index (κ1) is 27.8. The molecule has 0 radical (unpaired) electrons. The summed E-state index contributed by atoms with van der Waals surface area (Å²) >= 11 is 0. The van der Waals surface area contributed by atoms with Gasteiger partial charge in [0.25, 0.3) is 0 Å². The van der Waals surface area contributed by atoms with Crippen molar-refractivity contribution in [2.24, 2.45) is 17.8 Å². The minimum absolute atomic E-state index is 0.0453. The van der Waals surface area contributed by atoms with E-state index in [0.717, 1.165) is 36.1 Å². The maximum Gasteiger partial charge on any atom is 0.314 e. The normalized spacial score (nSPS) is 24.1. The molecule has 1 aromatic heterocycles. The van der Waals surface area contributed by atoms with Gasteiger partial charge in [0.05, 0.1) is 5.92 Å². The molecule has 0 saturated heterocycles. The minimum atomic E-state index is -0.0663. The van der Waals surface area contributed by atoms with Crippen molar-refractivity contribution in [2.75, 3.05) is 0 Å². The second kappa shape index (κ2) is 14.6. The Morgan fingerprint density at radius 2 is 1.38 bits per heavy atom. The summed E-state index contributed by atoms with van der Waals surface area (Å²) in [4.78, 5) is 22.1. The van der Waals surface area contributed by atoms with Crippen LogP contribution in [0.15, 0.2) is 36.7 Å². The zero-order chi connectivity index (χ0) is 25.9. The zero-order valence-electron chi connectivity index (χ0n) is 23.3. The molecule has 4 rings (SSSR count). The number of nitrogens with zero attached hydrogens (tertiary/aromatic N) is 2. The number of rotatable bonds is 12. The van der Waals surface area contributed by atoms with Gasteiger partial charge >= 0.3 is 5.97 Å². The van der Waals surface area contributed by atoms with Crippen LogP contribution in [-0.2, 0) is 4.79 Å². The molecule has 202 valence electrons. The van der Waals surface area contributed by atoms with Gasteiger partial charge in [-0.05, 0) is 98.9 Å². The number of ether oxygens (including phenoxy) is 1. The Labute approximate surface area is 225 Å². The lowest BCUT2D eigenvalue weighted by Crippen LogP contribution is -2.25. The first-order valence-electron chi connectivity index (χ1n) is 15.3. The van der Waals surface area contributed by atoms with Gasteiger partial charge in [-0.1, -0.05) is 65.2 Å². The van der Waals surface area contributed by atoms with Crippen molar-refractivity contribution in [1.29, 1.82) is 0 Å². The van der Waals surface area contributed by atoms with Gasteiger partial charge in [-0.25, -0.2) is 9.97 Å². The van der Waals surface area contributed by atoms with Gasteiger partial charge in [-0.3, -0.25) is 4.79 Å². The molecule has 0 aliphatic heterocycles. The third-order valence-electron chi connectivity index (χ3n) is 8.91. The standard InChI is InChI=1S/C33H48N2O2/c1-3-5-6-7-8-10-26-13-17-29(18-14-26)33(36)37-31-21-19-28(20-22-31)32-34-23-30(24-35-32)27-15-11-25(9-4-2)12-16-27/h19-27,29H,3-18H2,1-2H3/t25-,26-,27-,29-. The van der Waals surface area contributed by atoms with Crippen LogP contribution in [-0.4, -0.2) is 15.9 Å². The Kier molecular flexibility index (Phi) is 11.0. The molecule has 0 amide bonds. The maximum atomic E-state index is 12.8. The van der Waals surface area contributed by atoms with E-state index in [1.165, 1.54) is 95.5 Å². The number of carbonyl (C=O) groups is 1. The number of hydrogen-bond donors (Lipinski definition) is 0. The van der Waals surface area contributed by atoms with E-state index in [0.29, 0.717) is 11.7 Å². The van der Waals surface area contributed by atoms with Crippen molar-refractivity contribution < 1.29 is 9.53 Å². The van der Waals surface area contributed by atoms with E-state index < -0.39 is 0 Å². The number of aromatic nitrogens is 2. The summed E-state index contributed by atoms with van der Waals surface area (Å²) < 4.78 is 5.75. The van der Waals surface area contributed by atoms with Crippen LogP contribution in [0.2, 0.25) is 0 Å². The number of benzene rings is 1. The maximum absolute atomic E-state index is 12.8. The Balaban J connectivity index is 1.21. The van der Waals surface area contributed by atoms with Gasteiger partial charge in [-0.2, -0.15) is 0 Å². The first-order chi connectivity index (χ1) is 18.2. The molecule has 4 nitrogen and oxygen atoms in total. The predicted octanol–water partition coefficient (Wildman–Crippen LogP) is 9.29. The molecule has 2 fully saturated rings. The zero-order valence-corrected chi connectivity index (χ0v) is 23.3. The van der Waals surface area contributed by atoms with Crippen LogP contribution in [0.4, 0.5) is 0 Å². The first-order valence-corrected chi connectivity index (χ1v) is 15.3. The Morgan fingerprint density at radius 1 is 0.757 bits per heavy atom. The molecule has 2 aliphatic carbocycles. The van der Waals surface area contributed by atoms with Gasteiger partial charge in [0.2, 0.25) is 0 Å². The average molecular weight is 505 g/mol. The molecule has 4 heteroatoms. The fourth-order valence-corrected chi connectivity index (χ4v) is 6.49. The lowest BCUT2D eigenvalue weighted by Gasteiger charge is -2.28. The summed E-state index contributed by atoms with van der Waals surface area (Å²) in [6, 6.07) is 7.68. The topological polar surface area (TPSA) is 52.1 Å². The van der Waals surface area contributed by atoms with Crippen molar-refractivity contribution >= 4 is 5.97 Å². The van der Waals surface area contributed by atoms with Crippen molar-refractivity contribution in [1.82, 2.24) is 9.97 Å². The highest BCUT2D eigenvalue weighted by Gasteiger charge is 2.27. The van der Waals surface area contributed by atoms with Crippen LogP contribution in [0.1, 0.15) is 128 Å². The van der Waals surface area contributed by atoms with Gasteiger partial charge in [0.15, 0.2) is 5.82 Å². The number of hydrogen-bond acceptors (Lipinski definition) is 4. The molecule has 2 aromatic rings. The molecule has 0 atom stereocenters. The highest BCUT2D eigenvalue weighted by atomic mass is 16.5. The Hall–Kier alpha value is -2.23. The molecule has 0 N–H and O–H groups in total. The largest absolute Gasteiger partial charge is 0.426 e. The van der Waals surface area contributed by atoms with E-state index in [4.69, 9.17) is 4.74 Å². The molecule has 0 spiro atoms. The molecular weight excluding hydrogens is 456 g/mol. The lowest BCUT2D eigenvalue weighted by atomic mass is 9.78. The monoisotopic (exact) mass is 504 g/mol. The highest BCUT2D eigenvalue weighted by molar-refractivity contribution is 5.75. The van der Waals surface area contributed by atoms with E-state index in [9.17, 15) is 4.79 Å². The van der Waals surface area contributed by atoms with Gasteiger partial charge < -0.3 is 4.74 Å². The van der Waals surface area contributed by atoms with E-state index >= 15 is 0 Å². The summed E-state index contributed by atoms with van der Waals surface area (Å²) in [5, 5.41) is 0. The summed E-state index contributed by atoms with van der Waals surface area (Å²) in [6.07, 6.45) is 24.2. The number of esters is 1. The van der Waals surface area contributed by atoms with E-state index in [1.807, 2.05) is 36.7 Å². The second-order valence-corrected chi connectivity index (χ2v) is 11.7. The third-order valence-corrected chi connectivity index (χ3v) is 8.91. The van der Waals surface area contributed by atoms with Crippen molar-refractivity contribution in [3.05, 3.63) is 42.2 Å². The van der Waals surface area contributed by atoms with E-state index in [1.54, 1.807) is 0 Å². The summed E-state index contributed by atoms with van der Waals surface area (Å²) in [5.41, 5.74) is 2.23. The fourth-order valence-electron chi connectivity index (χ4n) is 6.49. The number of carbonyl (C=O) groups excluding carboxylic acids is 1. The lowest BCUT2D eigenvalue weighted by molar-refractivity contribution is -0.140. The molecule has 0 bridgehead atoms. The van der Waals surface area contributed by atoms with Gasteiger partial charge in [0.1, 0.15) is 5.75 Å². The minimum Gasteiger partial charge on any atom is -0.426 e. The fraction of sp³-hybridized carbons (Fsp3) is 0.667. The molecule has 1 aromatic carbocycles. The van der Waals surface area contributed by atoms with Crippen LogP contribution < -0.4 is 4.74 Å².